The molecule has 23 heavy (non-hydrogen) atoms. The number of halogens is 5. The number of hydrogen-bond acceptors (Lipinski definition) is 3. The molecule has 0 atom stereocenters. The smallest absolute Gasteiger partial charge is 0.369 e. The molecule has 1 aromatic carbocycles. The average molecular weight is 366 g/mol. The van der Waals surface area contributed by atoms with E-state index in [0.717, 1.165) is 0 Å². The number of aromatic amines is 1. The Morgan fingerprint density at radius 2 is 2.04 bits per heavy atom. The Hall–Kier alpha value is -2.26. The van der Waals surface area contributed by atoms with Gasteiger partial charge in [0.1, 0.15) is 0 Å². The molecule has 0 amide bonds. The molecule has 0 unspecified atom stereocenters. The molecule has 0 aliphatic carbocycles. The Kier molecular flexibility index (Phi) is 4.81. The molecule has 1 aromatic heterocycles. The van der Waals surface area contributed by atoms with Gasteiger partial charge in [-0.15, -0.1) is 0 Å². The number of anilines is 1. The van der Waals surface area contributed by atoms with E-state index in [4.69, 9.17) is 28.9 Å². The fourth-order valence-electron chi connectivity index (χ4n) is 1.52. The van der Waals surface area contributed by atoms with E-state index >= 15 is 0 Å². The van der Waals surface area contributed by atoms with E-state index < -0.39 is 23.4 Å². The lowest BCUT2D eigenvalue weighted by atomic mass is 10.3. The first kappa shape index (κ1) is 17.1. The Balaban J connectivity index is 2.33. The number of benzene rings is 1. The molecule has 2 rings (SSSR count). The van der Waals surface area contributed by atoms with Crippen molar-refractivity contribution >= 4 is 40.8 Å². The molecule has 0 bridgehead atoms. The van der Waals surface area contributed by atoms with Crippen molar-refractivity contribution in [3.63, 3.8) is 0 Å². The monoisotopic (exact) mass is 365 g/mol. The summed E-state index contributed by atoms with van der Waals surface area (Å²) in [6, 6.07) is 4.96. The number of alkyl halides is 3. The Bertz CT molecular complexity index is 819. The standard InChI is InChI=1S/C12H8Cl2F3N5O/c13-5-2-1-3-6(9(5)14)19-10(18)22-11-20-7(12(15,16)17)4-8(23)21-11/h1-4H,(H4,18,19,20,21,22,23). The summed E-state index contributed by atoms with van der Waals surface area (Å²) in [5.74, 6) is -0.940. The van der Waals surface area contributed by atoms with Crippen LogP contribution >= 0.6 is 23.2 Å². The summed E-state index contributed by atoms with van der Waals surface area (Å²) in [5.41, 5.74) is 3.45. The quantitative estimate of drug-likeness (QED) is 0.562. The molecule has 4 N–H and O–H groups in total. The molecule has 0 aliphatic heterocycles. The summed E-state index contributed by atoms with van der Waals surface area (Å²) in [5, 5.41) is 2.94. The molecule has 1 heterocycles. The summed E-state index contributed by atoms with van der Waals surface area (Å²) >= 11 is 11.7. The lowest BCUT2D eigenvalue weighted by Crippen LogP contribution is -2.23. The van der Waals surface area contributed by atoms with Crippen LogP contribution in [-0.2, 0) is 6.18 Å². The van der Waals surface area contributed by atoms with Crippen molar-refractivity contribution in [2.45, 2.75) is 6.18 Å². The van der Waals surface area contributed by atoms with Gasteiger partial charge in [0.25, 0.3) is 5.56 Å². The SMILES string of the molecule is N/C(=N\c1nc(C(F)(F)F)cc(=O)[nH]1)Nc1cccc(Cl)c1Cl. The first-order chi connectivity index (χ1) is 10.7. The van der Waals surface area contributed by atoms with Crippen LogP contribution in [0.2, 0.25) is 10.0 Å². The second-order valence-corrected chi connectivity index (χ2v) is 4.96. The van der Waals surface area contributed by atoms with Gasteiger partial charge in [0.15, 0.2) is 5.69 Å². The van der Waals surface area contributed by atoms with Crippen LogP contribution in [0.4, 0.5) is 24.8 Å². The fourth-order valence-corrected chi connectivity index (χ4v) is 1.87. The fraction of sp³-hybridized carbons (Fsp3) is 0.0833. The minimum absolute atomic E-state index is 0.151. The van der Waals surface area contributed by atoms with E-state index in [9.17, 15) is 18.0 Å². The van der Waals surface area contributed by atoms with Gasteiger partial charge in [-0.2, -0.15) is 18.2 Å². The third-order valence-electron chi connectivity index (χ3n) is 2.46. The van der Waals surface area contributed by atoms with Crippen molar-refractivity contribution in [1.82, 2.24) is 9.97 Å². The number of aromatic nitrogens is 2. The Morgan fingerprint density at radius 3 is 2.70 bits per heavy atom. The van der Waals surface area contributed by atoms with Crippen LogP contribution in [0.25, 0.3) is 0 Å². The second-order valence-electron chi connectivity index (χ2n) is 4.18. The number of aliphatic imine (C=N–C) groups is 1. The van der Waals surface area contributed by atoms with Gasteiger partial charge in [-0.25, -0.2) is 4.98 Å². The van der Waals surface area contributed by atoms with Gasteiger partial charge in [-0.3, -0.25) is 9.78 Å². The molecule has 0 fully saturated rings. The van der Waals surface area contributed by atoms with Gasteiger partial charge in [-0.05, 0) is 12.1 Å². The summed E-state index contributed by atoms with van der Waals surface area (Å²) in [7, 11) is 0. The van der Waals surface area contributed by atoms with Gasteiger partial charge in [0.2, 0.25) is 11.9 Å². The van der Waals surface area contributed by atoms with Crippen molar-refractivity contribution in [3.8, 4) is 0 Å². The lowest BCUT2D eigenvalue weighted by Gasteiger charge is -2.09. The van der Waals surface area contributed by atoms with E-state index in [0.29, 0.717) is 6.07 Å². The molecule has 2 aromatic rings. The first-order valence-electron chi connectivity index (χ1n) is 5.90. The van der Waals surface area contributed by atoms with Crippen LogP contribution in [0, 0.1) is 0 Å². The van der Waals surface area contributed by atoms with Crippen molar-refractivity contribution in [2.24, 2.45) is 10.7 Å². The highest BCUT2D eigenvalue weighted by Gasteiger charge is 2.33. The molecule has 0 radical (unpaired) electrons. The predicted octanol–water partition coefficient (Wildman–Crippen LogP) is 3.15. The maximum atomic E-state index is 12.6. The van der Waals surface area contributed by atoms with Crippen molar-refractivity contribution in [1.29, 1.82) is 0 Å². The predicted molar refractivity (Wildman–Crippen MR) is 81.2 cm³/mol. The molecular weight excluding hydrogens is 358 g/mol. The number of hydrogen-bond donors (Lipinski definition) is 3. The Labute approximate surface area is 137 Å². The van der Waals surface area contributed by atoms with Crippen LogP contribution in [0.5, 0.6) is 0 Å². The third kappa shape index (κ3) is 4.36. The number of nitrogens with one attached hydrogen (secondary N) is 2. The maximum Gasteiger partial charge on any atom is 0.433 e. The van der Waals surface area contributed by atoms with Crippen LogP contribution < -0.4 is 16.6 Å². The summed E-state index contributed by atoms with van der Waals surface area (Å²) in [6.45, 7) is 0. The molecule has 0 saturated heterocycles. The zero-order valence-electron chi connectivity index (χ0n) is 11.1. The molecule has 0 aliphatic rings. The molecule has 0 spiro atoms. The van der Waals surface area contributed by atoms with Crippen molar-refractivity contribution in [2.75, 3.05) is 5.32 Å². The first-order valence-corrected chi connectivity index (χ1v) is 6.66. The zero-order valence-corrected chi connectivity index (χ0v) is 12.6. The minimum Gasteiger partial charge on any atom is -0.369 e. The summed E-state index contributed by atoms with van der Waals surface area (Å²) in [6.07, 6.45) is -4.78. The van der Waals surface area contributed by atoms with E-state index in [1.807, 2.05) is 4.98 Å². The third-order valence-corrected chi connectivity index (χ3v) is 3.28. The number of guanidine groups is 1. The summed E-state index contributed by atoms with van der Waals surface area (Å²) in [4.78, 5) is 20.0. The highest BCUT2D eigenvalue weighted by atomic mass is 35.5. The molecule has 122 valence electrons. The average Bonchev–Trinajstić information content (AvgIpc) is 2.42. The van der Waals surface area contributed by atoms with Gasteiger partial charge >= 0.3 is 6.18 Å². The topological polar surface area (TPSA) is 96.2 Å². The van der Waals surface area contributed by atoms with Crippen molar-refractivity contribution < 1.29 is 13.2 Å². The van der Waals surface area contributed by atoms with E-state index in [1.165, 1.54) is 12.1 Å². The van der Waals surface area contributed by atoms with E-state index in [-0.39, 0.29) is 21.7 Å². The molecule has 6 nitrogen and oxygen atoms in total. The van der Waals surface area contributed by atoms with Gasteiger partial charge in [0, 0.05) is 6.07 Å². The molecule has 11 heteroatoms. The van der Waals surface area contributed by atoms with Crippen LogP contribution in [0.15, 0.2) is 34.1 Å². The lowest BCUT2D eigenvalue weighted by molar-refractivity contribution is -0.141. The minimum atomic E-state index is -4.78. The number of nitrogens with two attached hydrogens (primary N) is 1. The summed E-state index contributed by atoms with van der Waals surface area (Å²) < 4.78 is 37.8. The zero-order chi connectivity index (χ0) is 17.2. The molecule has 0 saturated carbocycles. The van der Waals surface area contributed by atoms with E-state index in [2.05, 4.69) is 15.3 Å². The van der Waals surface area contributed by atoms with Gasteiger partial charge in [-0.1, -0.05) is 29.3 Å². The number of rotatable bonds is 2. The van der Waals surface area contributed by atoms with Crippen LogP contribution in [0.3, 0.4) is 0 Å². The largest absolute Gasteiger partial charge is 0.433 e. The normalized spacial score (nSPS) is 12.3. The van der Waals surface area contributed by atoms with Gasteiger partial charge < -0.3 is 11.1 Å². The van der Waals surface area contributed by atoms with Crippen molar-refractivity contribution in [3.05, 3.63) is 50.4 Å². The highest BCUT2D eigenvalue weighted by molar-refractivity contribution is 6.44. The Morgan fingerprint density at radius 1 is 1.35 bits per heavy atom. The highest BCUT2D eigenvalue weighted by Crippen LogP contribution is 2.29. The second kappa shape index (κ2) is 6.47. The number of H-pyrrole nitrogens is 1. The number of nitrogens with zero attached hydrogens (tertiary/aromatic N) is 2. The maximum absolute atomic E-state index is 12.6. The van der Waals surface area contributed by atoms with Gasteiger partial charge in [0.05, 0.1) is 15.7 Å². The van der Waals surface area contributed by atoms with E-state index in [1.54, 1.807) is 6.07 Å². The van der Waals surface area contributed by atoms with Crippen LogP contribution in [0.1, 0.15) is 5.69 Å². The molecular formula is C12H8Cl2F3N5O. The van der Waals surface area contributed by atoms with Crippen LogP contribution in [-0.4, -0.2) is 15.9 Å².